The quantitative estimate of drug-likeness (QED) is 0.666. The predicted octanol–water partition coefficient (Wildman–Crippen LogP) is 2.53. The molecule has 0 bridgehead atoms. The van der Waals surface area contributed by atoms with Gasteiger partial charge >= 0.3 is 0 Å². The Morgan fingerprint density at radius 3 is 2.86 bits per heavy atom. The van der Waals surface area contributed by atoms with E-state index in [1.807, 2.05) is 0 Å². The molecule has 4 heteroatoms. The SMILES string of the molecule is C=CCOc1ccc(Br)c(C=O)c1O. The van der Waals surface area contributed by atoms with Gasteiger partial charge in [0.05, 0.1) is 5.56 Å². The predicted molar refractivity (Wildman–Crippen MR) is 56.9 cm³/mol. The first-order valence-electron chi connectivity index (χ1n) is 3.91. The van der Waals surface area contributed by atoms with E-state index in [1.165, 1.54) is 0 Å². The summed E-state index contributed by atoms with van der Waals surface area (Å²) in [7, 11) is 0. The Morgan fingerprint density at radius 1 is 1.57 bits per heavy atom. The molecule has 1 N–H and O–H groups in total. The van der Waals surface area contributed by atoms with Gasteiger partial charge in [-0.2, -0.15) is 0 Å². The van der Waals surface area contributed by atoms with Crippen molar-refractivity contribution in [3.8, 4) is 11.5 Å². The molecule has 0 spiro atoms. The lowest BCUT2D eigenvalue weighted by atomic mass is 10.2. The highest BCUT2D eigenvalue weighted by Crippen LogP contribution is 2.33. The van der Waals surface area contributed by atoms with Crippen LogP contribution in [0.2, 0.25) is 0 Å². The van der Waals surface area contributed by atoms with Gasteiger partial charge in [-0.25, -0.2) is 0 Å². The number of hydrogen-bond donors (Lipinski definition) is 1. The minimum Gasteiger partial charge on any atom is -0.504 e. The molecular formula is C10H9BrO3. The molecule has 0 radical (unpaired) electrons. The molecule has 0 aliphatic carbocycles. The topological polar surface area (TPSA) is 46.5 Å². The Labute approximate surface area is 90.1 Å². The van der Waals surface area contributed by atoms with Crippen LogP contribution in [0.15, 0.2) is 29.3 Å². The number of phenolic OH excluding ortho intramolecular Hbond substituents is 1. The number of carbonyl (C=O) groups excluding carboxylic acids is 1. The third-order valence-electron chi connectivity index (χ3n) is 1.60. The third kappa shape index (κ3) is 2.14. The fraction of sp³-hybridized carbons (Fsp3) is 0.100. The second kappa shape index (κ2) is 4.81. The number of hydrogen-bond acceptors (Lipinski definition) is 3. The van der Waals surface area contributed by atoms with Crippen LogP contribution < -0.4 is 4.74 Å². The maximum Gasteiger partial charge on any atom is 0.169 e. The average Bonchev–Trinajstić information content (AvgIpc) is 2.18. The summed E-state index contributed by atoms with van der Waals surface area (Å²) in [6.07, 6.45) is 2.13. The minimum absolute atomic E-state index is 0.156. The monoisotopic (exact) mass is 256 g/mol. The van der Waals surface area contributed by atoms with Gasteiger partial charge in [0.25, 0.3) is 0 Å². The van der Waals surface area contributed by atoms with Gasteiger partial charge in [-0.15, -0.1) is 0 Å². The molecule has 0 atom stereocenters. The van der Waals surface area contributed by atoms with Gasteiger partial charge in [-0.05, 0) is 28.1 Å². The van der Waals surface area contributed by atoms with E-state index in [1.54, 1.807) is 18.2 Å². The molecule has 1 aromatic carbocycles. The fourth-order valence-corrected chi connectivity index (χ4v) is 1.35. The number of ether oxygens (including phenoxy) is 1. The van der Waals surface area contributed by atoms with Crippen LogP contribution in [0.1, 0.15) is 10.4 Å². The van der Waals surface area contributed by atoms with Crippen LogP contribution >= 0.6 is 15.9 Å². The lowest BCUT2D eigenvalue weighted by Crippen LogP contribution is -1.95. The molecule has 74 valence electrons. The first kappa shape index (κ1) is 10.8. The largest absolute Gasteiger partial charge is 0.504 e. The van der Waals surface area contributed by atoms with Gasteiger partial charge in [-0.1, -0.05) is 12.7 Å². The van der Waals surface area contributed by atoms with E-state index >= 15 is 0 Å². The highest BCUT2D eigenvalue weighted by molar-refractivity contribution is 9.10. The molecule has 0 amide bonds. The number of aldehydes is 1. The zero-order valence-corrected chi connectivity index (χ0v) is 8.95. The van der Waals surface area contributed by atoms with Crippen LogP contribution in [0.3, 0.4) is 0 Å². The summed E-state index contributed by atoms with van der Waals surface area (Å²) in [5.74, 6) is 0.117. The molecule has 0 unspecified atom stereocenters. The molecule has 1 rings (SSSR count). The second-order valence-corrected chi connectivity index (χ2v) is 3.38. The summed E-state index contributed by atoms with van der Waals surface area (Å²) in [5, 5.41) is 9.58. The fourth-order valence-electron chi connectivity index (χ4n) is 0.941. The number of rotatable bonds is 4. The van der Waals surface area contributed by atoms with Crippen LogP contribution in [0.5, 0.6) is 11.5 Å². The van der Waals surface area contributed by atoms with Gasteiger partial charge in [0.1, 0.15) is 6.61 Å². The zero-order valence-electron chi connectivity index (χ0n) is 7.37. The average molecular weight is 257 g/mol. The van der Waals surface area contributed by atoms with Crippen molar-refractivity contribution >= 4 is 22.2 Å². The smallest absolute Gasteiger partial charge is 0.169 e. The summed E-state index contributed by atoms with van der Waals surface area (Å²) in [4.78, 5) is 10.6. The van der Waals surface area contributed by atoms with Crippen molar-refractivity contribution in [1.29, 1.82) is 0 Å². The number of phenols is 1. The van der Waals surface area contributed by atoms with Crippen LogP contribution in [0.25, 0.3) is 0 Å². The number of halogens is 1. The molecule has 0 saturated heterocycles. The molecule has 1 aromatic rings. The van der Waals surface area contributed by atoms with E-state index in [9.17, 15) is 9.90 Å². The molecule has 0 aliphatic heterocycles. The van der Waals surface area contributed by atoms with Crippen molar-refractivity contribution in [3.63, 3.8) is 0 Å². The van der Waals surface area contributed by atoms with Crippen LogP contribution in [0, 0.1) is 0 Å². The zero-order chi connectivity index (χ0) is 10.6. The number of carbonyl (C=O) groups is 1. The van der Waals surface area contributed by atoms with Gasteiger partial charge in [0.2, 0.25) is 0 Å². The maximum atomic E-state index is 10.6. The normalized spacial score (nSPS) is 9.50. The number of aromatic hydroxyl groups is 1. The number of benzene rings is 1. The summed E-state index contributed by atoms with van der Waals surface area (Å²) < 4.78 is 5.67. The van der Waals surface area contributed by atoms with Gasteiger partial charge in [0, 0.05) is 4.47 Å². The molecule has 3 nitrogen and oxygen atoms in total. The maximum absolute atomic E-state index is 10.6. The van der Waals surface area contributed by atoms with Crippen LogP contribution in [-0.4, -0.2) is 18.0 Å². The highest BCUT2D eigenvalue weighted by Gasteiger charge is 2.10. The summed E-state index contributed by atoms with van der Waals surface area (Å²) >= 11 is 3.14. The standard InChI is InChI=1S/C10H9BrO3/c1-2-5-14-9-4-3-8(11)7(6-12)10(9)13/h2-4,6,13H,1,5H2. The van der Waals surface area contributed by atoms with Crippen LogP contribution in [-0.2, 0) is 0 Å². The Kier molecular flexibility index (Phi) is 3.71. The van der Waals surface area contributed by atoms with Crippen molar-refractivity contribution in [1.82, 2.24) is 0 Å². The molecule has 0 heterocycles. The Hall–Kier alpha value is -1.29. The lowest BCUT2D eigenvalue weighted by molar-refractivity contribution is 0.111. The molecule has 0 aromatic heterocycles. The van der Waals surface area contributed by atoms with E-state index < -0.39 is 0 Å². The Bertz CT molecular complexity index is 361. The summed E-state index contributed by atoms with van der Waals surface area (Å²) in [6.45, 7) is 3.77. The minimum atomic E-state index is -0.156. The summed E-state index contributed by atoms with van der Waals surface area (Å²) in [6, 6.07) is 3.22. The van der Waals surface area contributed by atoms with Crippen molar-refractivity contribution in [2.45, 2.75) is 0 Å². The highest BCUT2D eigenvalue weighted by atomic mass is 79.9. The van der Waals surface area contributed by atoms with Crippen molar-refractivity contribution in [3.05, 3.63) is 34.8 Å². The Balaban J connectivity index is 3.07. The van der Waals surface area contributed by atoms with Crippen molar-refractivity contribution in [2.75, 3.05) is 6.61 Å². The van der Waals surface area contributed by atoms with Crippen molar-refractivity contribution < 1.29 is 14.6 Å². The van der Waals surface area contributed by atoms with E-state index in [4.69, 9.17) is 4.74 Å². The van der Waals surface area contributed by atoms with E-state index in [2.05, 4.69) is 22.5 Å². The molecule has 14 heavy (non-hydrogen) atoms. The van der Waals surface area contributed by atoms with Crippen LogP contribution in [0.4, 0.5) is 0 Å². The third-order valence-corrected chi connectivity index (χ3v) is 2.29. The van der Waals surface area contributed by atoms with Gasteiger partial charge in [-0.3, -0.25) is 4.79 Å². The molecule has 0 fully saturated rings. The molecule has 0 aliphatic rings. The van der Waals surface area contributed by atoms with E-state index in [-0.39, 0.29) is 23.7 Å². The van der Waals surface area contributed by atoms with E-state index in [0.717, 1.165) is 0 Å². The van der Waals surface area contributed by atoms with E-state index in [0.29, 0.717) is 10.8 Å². The molecule has 0 saturated carbocycles. The van der Waals surface area contributed by atoms with Gasteiger partial charge in [0.15, 0.2) is 17.8 Å². The first-order valence-corrected chi connectivity index (χ1v) is 4.70. The molecular weight excluding hydrogens is 248 g/mol. The first-order chi connectivity index (χ1) is 6.70. The Morgan fingerprint density at radius 2 is 2.29 bits per heavy atom. The summed E-state index contributed by atoms with van der Waals surface area (Å²) in [5.41, 5.74) is 0.187. The second-order valence-electron chi connectivity index (χ2n) is 2.53. The lowest BCUT2D eigenvalue weighted by Gasteiger charge is -2.08. The van der Waals surface area contributed by atoms with Gasteiger partial charge < -0.3 is 9.84 Å². The van der Waals surface area contributed by atoms with Crippen molar-refractivity contribution in [2.24, 2.45) is 0 Å².